The van der Waals surface area contributed by atoms with E-state index in [0.29, 0.717) is 55.4 Å². The first-order chi connectivity index (χ1) is 18.8. The van der Waals surface area contributed by atoms with Crippen LogP contribution in [0.3, 0.4) is 0 Å². The molecule has 208 valence electrons. The SMILES string of the molecule is CCOC(=O)C1=C(CN2CCCN(C(=O)Nc3ccccc3OC)CC2)N(C)C(=O)N[C@@H]1c1ccccc1C. The zero-order valence-corrected chi connectivity index (χ0v) is 23.0. The molecular formula is C29H37N5O5. The number of nitrogens with zero attached hydrogens (tertiary/aromatic N) is 3. The van der Waals surface area contributed by atoms with Gasteiger partial charge in [-0.3, -0.25) is 9.80 Å². The number of methoxy groups -OCH3 is 1. The van der Waals surface area contributed by atoms with Gasteiger partial charge in [0.25, 0.3) is 0 Å². The summed E-state index contributed by atoms with van der Waals surface area (Å²) in [5, 5.41) is 5.93. The fraction of sp³-hybridized carbons (Fsp3) is 0.414. The molecule has 2 aliphatic heterocycles. The number of urea groups is 2. The summed E-state index contributed by atoms with van der Waals surface area (Å²) in [5.74, 6) is 0.155. The standard InChI is InChI=1S/C29H37N5O5/c1-5-39-27(35)25-23(32(3)28(36)31-26(25)21-12-7-6-11-20(21)2)19-33-15-10-16-34(18-17-33)29(37)30-22-13-8-9-14-24(22)38-4/h6-9,11-14,26H,5,10,15-19H2,1-4H3,(H,30,37)(H,31,36)/t26-/m1/s1. The van der Waals surface area contributed by atoms with Crippen molar-refractivity contribution < 1.29 is 23.9 Å². The van der Waals surface area contributed by atoms with Crippen LogP contribution in [-0.2, 0) is 9.53 Å². The van der Waals surface area contributed by atoms with Gasteiger partial charge in [0.2, 0.25) is 0 Å². The number of benzene rings is 2. The van der Waals surface area contributed by atoms with Crippen LogP contribution < -0.4 is 15.4 Å². The Labute approximate surface area is 229 Å². The number of anilines is 1. The van der Waals surface area contributed by atoms with Crippen molar-refractivity contribution in [1.82, 2.24) is 20.0 Å². The average Bonchev–Trinajstić information content (AvgIpc) is 3.17. The number of ether oxygens (including phenoxy) is 2. The highest BCUT2D eigenvalue weighted by molar-refractivity contribution is 5.95. The highest BCUT2D eigenvalue weighted by Crippen LogP contribution is 2.33. The fourth-order valence-electron chi connectivity index (χ4n) is 5.03. The third-order valence-electron chi connectivity index (χ3n) is 7.17. The van der Waals surface area contributed by atoms with Gasteiger partial charge in [-0.2, -0.15) is 0 Å². The van der Waals surface area contributed by atoms with E-state index in [4.69, 9.17) is 9.47 Å². The van der Waals surface area contributed by atoms with Crippen molar-refractivity contribution in [3.05, 3.63) is 70.9 Å². The van der Waals surface area contributed by atoms with Crippen molar-refractivity contribution in [1.29, 1.82) is 0 Å². The van der Waals surface area contributed by atoms with Gasteiger partial charge >= 0.3 is 18.0 Å². The third kappa shape index (κ3) is 6.34. The number of esters is 1. The third-order valence-corrected chi connectivity index (χ3v) is 7.17. The number of hydrogen-bond donors (Lipinski definition) is 2. The molecular weight excluding hydrogens is 498 g/mol. The van der Waals surface area contributed by atoms with Crippen molar-refractivity contribution in [2.45, 2.75) is 26.3 Å². The molecule has 0 unspecified atom stereocenters. The Kier molecular flexibility index (Phi) is 9.08. The second-order valence-corrected chi connectivity index (χ2v) is 9.63. The monoisotopic (exact) mass is 535 g/mol. The summed E-state index contributed by atoms with van der Waals surface area (Å²) in [5.41, 5.74) is 3.49. The van der Waals surface area contributed by atoms with Crippen LogP contribution in [0.4, 0.5) is 15.3 Å². The van der Waals surface area contributed by atoms with Gasteiger partial charge in [0, 0.05) is 45.5 Å². The zero-order valence-electron chi connectivity index (χ0n) is 23.0. The minimum atomic E-state index is -0.612. The highest BCUT2D eigenvalue weighted by atomic mass is 16.5. The molecule has 10 heteroatoms. The Bertz CT molecular complexity index is 1250. The first-order valence-corrected chi connectivity index (χ1v) is 13.2. The van der Waals surface area contributed by atoms with Crippen LogP contribution in [0.25, 0.3) is 0 Å². The van der Waals surface area contributed by atoms with Crippen LogP contribution in [0.15, 0.2) is 59.8 Å². The van der Waals surface area contributed by atoms with Gasteiger partial charge in [0.1, 0.15) is 5.75 Å². The number of carbonyl (C=O) groups excluding carboxylic acids is 3. The van der Waals surface area contributed by atoms with Gasteiger partial charge in [0.15, 0.2) is 0 Å². The molecule has 1 saturated heterocycles. The van der Waals surface area contributed by atoms with E-state index < -0.39 is 12.0 Å². The molecule has 2 heterocycles. The summed E-state index contributed by atoms with van der Waals surface area (Å²) < 4.78 is 10.8. The Hall–Kier alpha value is -4.05. The van der Waals surface area contributed by atoms with E-state index in [1.807, 2.05) is 43.3 Å². The van der Waals surface area contributed by atoms with Crippen LogP contribution in [0.1, 0.15) is 30.5 Å². The molecule has 0 aromatic heterocycles. The molecule has 0 bridgehead atoms. The lowest BCUT2D eigenvalue weighted by atomic mass is 9.91. The predicted octanol–water partition coefficient (Wildman–Crippen LogP) is 3.76. The first kappa shape index (κ1) is 28.0. The van der Waals surface area contributed by atoms with E-state index >= 15 is 0 Å². The summed E-state index contributed by atoms with van der Waals surface area (Å²) in [6.07, 6.45) is 0.749. The maximum atomic E-state index is 13.3. The van der Waals surface area contributed by atoms with Crippen LogP contribution in [0.2, 0.25) is 0 Å². The van der Waals surface area contributed by atoms with Gasteiger partial charge in [0.05, 0.1) is 31.0 Å². The van der Waals surface area contributed by atoms with Gasteiger partial charge in [-0.15, -0.1) is 0 Å². The number of hydrogen-bond acceptors (Lipinski definition) is 6. The quantitative estimate of drug-likeness (QED) is 0.524. The lowest BCUT2D eigenvalue weighted by Crippen LogP contribution is -2.49. The largest absolute Gasteiger partial charge is 0.495 e. The van der Waals surface area contributed by atoms with Gasteiger partial charge in [-0.05, 0) is 43.5 Å². The number of rotatable bonds is 7. The predicted molar refractivity (Wildman–Crippen MR) is 149 cm³/mol. The van der Waals surface area contributed by atoms with E-state index in [0.717, 1.165) is 17.5 Å². The van der Waals surface area contributed by atoms with E-state index in [1.54, 1.807) is 38.1 Å². The Morgan fingerprint density at radius 1 is 1.05 bits per heavy atom. The van der Waals surface area contributed by atoms with Crippen molar-refractivity contribution in [2.75, 3.05) is 58.8 Å². The first-order valence-electron chi connectivity index (χ1n) is 13.2. The minimum absolute atomic E-state index is 0.193. The smallest absolute Gasteiger partial charge is 0.338 e. The lowest BCUT2D eigenvalue weighted by Gasteiger charge is -2.37. The molecule has 0 radical (unpaired) electrons. The molecule has 2 aromatic carbocycles. The van der Waals surface area contributed by atoms with E-state index in [9.17, 15) is 14.4 Å². The number of amides is 4. The number of likely N-dealkylation sites (N-methyl/N-ethyl adjacent to an activating group) is 1. The van der Waals surface area contributed by atoms with E-state index in [2.05, 4.69) is 15.5 Å². The van der Waals surface area contributed by atoms with Crippen molar-refractivity contribution >= 4 is 23.7 Å². The molecule has 0 spiro atoms. The molecule has 0 saturated carbocycles. The van der Waals surface area contributed by atoms with Gasteiger partial charge in [-0.25, -0.2) is 14.4 Å². The van der Waals surface area contributed by atoms with Crippen molar-refractivity contribution in [3.8, 4) is 5.75 Å². The number of carbonyl (C=O) groups is 3. The molecule has 2 aliphatic rings. The van der Waals surface area contributed by atoms with E-state index in [1.165, 1.54) is 4.90 Å². The molecule has 4 amide bonds. The van der Waals surface area contributed by atoms with Crippen LogP contribution in [0.5, 0.6) is 5.75 Å². The lowest BCUT2D eigenvalue weighted by molar-refractivity contribution is -0.139. The molecule has 39 heavy (non-hydrogen) atoms. The van der Waals surface area contributed by atoms with Crippen LogP contribution >= 0.6 is 0 Å². The maximum Gasteiger partial charge on any atom is 0.338 e. The summed E-state index contributed by atoms with van der Waals surface area (Å²) >= 11 is 0. The van der Waals surface area contributed by atoms with Gasteiger partial charge in [-0.1, -0.05) is 36.4 Å². The molecule has 0 aliphatic carbocycles. The number of aryl methyl sites for hydroxylation is 1. The number of para-hydroxylation sites is 2. The second kappa shape index (κ2) is 12.7. The molecule has 4 rings (SSSR count). The molecule has 10 nitrogen and oxygen atoms in total. The average molecular weight is 536 g/mol. The summed E-state index contributed by atoms with van der Waals surface area (Å²) in [6, 6.07) is 13.9. The normalized spacial score (nSPS) is 18.4. The highest BCUT2D eigenvalue weighted by Gasteiger charge is 2.38. The van der Waals surface area contributed by atoms with Crippen LogP contribution in [-0.4, -0.2) is 86.2 Å². The van der Waals surface area contributed by atoms with Crippen molar-refractivity contribution in [2.24, 2.45) is 0 Å². The number of nitrogens with one attached hydrogen (secondary N) is 2. The van der Waals surface area contributed by atoms with Gasteiger partial charge < -0.3 is 25.0 Å². The molecule has 2 N–H and O–H groups in total. The topological polar surface area (TPSA) is 103 Å². The summed E-state index contributed by atoms with van der Waals surface area (Å²) in [4.78, 5) is 44.8. The molecule has 1 fully saturated rings. The van der Waals surface area contributed by atoms with Crippen molar-refractivity contribution in [3.63, 3.8) is 0 Å². The zero-order chi connectivity index (χ0) is 27.9. The summed E-state index contributed by atoms with van der Waals surface area (Å²) in [6.45, 7) is 6.72. The molecule has 2 aromatic rings. The second-order valence-electron chi connectivity index (χ2n) is 9.63. The maximum absolute atomic E-state index is 13.3. The fourth-order valence-corrected chi connectivity index (χ4v) is 5.03. The van der Waals surface area contributed by atoms with Crippen LogP contribution in [0, 0.1) is 6.92 Å². The molecule has 1 atom stereocenters. The Morgan fingerprint density at radius 3 is 2.54 bits per heavy atom. The Balaban J connectivity index is 1.55. The summed E-state index contributed by atoms with van der Waals surface area (Å²) in [7, 11) is 3.24. The minimum Gasteiger partial charge on any atom is -0.495 e. The van der Waals surface area contributed by atoms with E-state index in [-0.39, 0.29) is 18.7 Å². The Morgan fingerprint density at radius 2 is 1.79 bits per heavy atom.